The summed E-state index contributed by atoms with van der Waals surface area (Å²) in [5, 5.41) is 4.49. The Morgan fingerprint density at radius 1 is 0.282 bits per heavy atom. The summed E-state index contributed by atoms with van der Waals surface area (Å²) in [5.41, 5.74) is 10.6. The summed E-state index contributed by atoms with van der Waals surface area (Å²) in [6, 6.07) is 81.3. The SMILES string of the molecule is CC1(c2ccccc2)Oc2cc(-c3ccc(-c4nc(-c5ccc6ccccc6c5)nc(-c5ccc6ccccc6c5)n4)cc3-c3nc(-c4ccccc4)nc(-c4ccccc4)n3)ccc2-c2ccccc21. The molecule has 12 aromatic rings. The van der Waals surface area contributed by atoms with Crippen LogP contribution in [-0.2, 0) is 5.60 Å². The Hall–Kier alpha value is -9.46. The predicted molar refractivity (Wildman–Crippen MR) is 285 cm³/mol. The third kappa shape index (κ3) is 7.66. The van der Waals surface area contributed by atoms with E-state index in [1.54, 1.807) is 0 Å². The van der Waals surface area contributed by atoms with Gasteiger partial charge in [0.05, 0.1) is 0 Å². The van der Waals surface area contributed by atoms with Gasteiger partial charge in [-0.25, -0.2) is 29.9 Å². The molecule has 0 fully saturated rings. The van der Waals surface area contributed by atoms with Crippen LogP contribution in [0, 0.1) is 0 Å². The maximum atomic E-state index is 7.18. The molecular formula is C64H42N6O. The lowest BCUT2D eigenvalue weighted by Gasteiger charge is -2.38. The van der Waals surface area contributed by atoms with Crippen LogP contribution in [0.4, 0.5) is 0 Å². The van der Waals surface area contributed by atoms with Gasteiger partial charge in [0, 0.05) is 44.5 Å². The van der Waals surface area contributed by atoms with Gasteiger partial charge in [0.25, 0.3) is 0 Å². The molecule has 3 heterocycles. The number of hydrogen-bond acceptors (Lipinski definition) is 7. The molecule has 1 aliphatic heterocycles. The average Bonchev–Trinajstić information content (AvgIpc) is 3.45. The number of aromatic nitrogens is 6. The number of hydrogen-bond donors (Lipinski definition) is 0. The van der Waals surface area contributed by atoms with Gasteiger partial charge in [-0.05, 0) is 75.0 Å². The highest BCUT2D eigenvalue weighted by molar-refractivity contribution is 5.91. The van der Waals surface area contributed by atoms with Crippen LogP contribution in [0.15, 0.2) is 237 Å². The van der Waals surface area contributed by atoms with Gasteiger partial charge in [-0.15, -0.1) is 0 Å². The number of nitrogens with zero attached hydrogens (tertiary/aromatic N) is 6. The fourth-order valence-corrected chi connectivity index (χ4v) is 9.85. The Morgan fingerprint density at radius 2 is 0.704 bits per heavy atom. The fraction of sp³-hybridized carbons (Fsp3) is 0.0312. The van der Waals surface area contributed by atoms with Crippen LogP contribution in [-0.4, -0.2) is 29.9 Å². The Bertz CT molecular complexity index is 3840. The van der Waals surface area contributed by atoms with Crippen LogP contribution in [0.5, 0.6) is 5.75 Å². The molecule has 0 spiro atoms. The maximum Gasteiger partial charge on any atom is 0.164 e. The van der Waals surface area contributed by atoms with Crippen molar-refractivity contribution in [1.29, 1.82) is 0 Å². The second-order valence-corrected chi connectivity index (χ2v) is 18.0. The van der Waals surface area contributed by atoms with E-state index in [0.29, 0.717) is 34.9 Å². The third-order valence-electron chi connectivity index (χ3n) is 13.5. The molecule has 0 radical (unpaired) electrons. The molecule has 10 aromatic carbocycles. The second kappa shape index (κ2) is 17.3. The Balaban J connectivity index is 1.04. The van der Waals surface area contributed by atoms with E-state index in [4.69, 9.17) is 34.6 Å². The van der Waals surface area contributed by atoms with Gasteiger partial charge in [-0.2, -0.15) is 0 Å². The summed E-state index contributed by atoms with van der Waals surface area (Å²) < 4.78 is 7.18. The highest BCUT2D eigenvalue weighted by Gasteiger charge is 2.38. The standard InChI is InChI=1S/C64H42N6O/c1-64(51-25-9-4-10-26-51)56-28-16-15-27-53(56)54-36-33-47(40-57(54)71-64)52-35-34-50(39-55(52)63-69-58(43-19-5-2-6-20-43)65-59(70-63)44-21-7-3-8-22-44)62-67-60(48-31-29-41-17-11-13-23-45(41)37-48)66-61(68-62)49-32-30-42-18-12-14-24-46(42)38-49/h2-40H,1H3. The number of fused-ring (bicyclic) bond motifs is 5. The summed E-state index contributed by atoms with van der Waals surface area (Å²) in [6.07, 6.45) is 0. The predicted octanol–water partition coefficient (Wildman–Crippen LogP) is 15.4. The van der Waals surface area contributed by atoms with Crippen molar-refractivity contribution < 1.29 is 4.74 Å². The minimum atomic E-state index is -0.732. The first-order valence-corrected chi connectivity index (χ1v) is 23.8. The number of ether oxygens (including phenoxy) is 1. The fourth-order valence-electron chi connectivity index (χ4n) is 9.85. The first-order chi connectivity index (χ1) is 35.0. The molecule has 7 heteroatoms. The molecule has 13 rings (SSSR count). The van der Waals surface area contributed by atoms with E-state index >= 15 is 0 Å². The molecule has 0 N–H and O–H groups in total. The van der Waals surface area contributed by atoms with Crippen molar-refractivity contribution in [2.75, 3.05) is 0 Å². The molecular weight excluding hydrogens is 869 g/mol. The van der Waals surface area contributed by atoms with E-state index in [0.717, 1.165) is 94.1 Å². The first-order valence-electron chi connectivity index (χ1n) is 23.8. The Kier molecular flexibility index (Phi) is 10.1. The molecule has 0 saturated carbocycles. The summed E-state index contributed by atoms with van der Waals surface area (Å²) in [5.74, 6) is 4.07. The Morgan fingerprint density at radius 3 is 1.28 bits per heavy atom. The molecule has 71 heavy (non-hydrogen) atoms. The lowest BCUT2D eigenvalue weighted by Crippen LogP contribution is -2.34. The van der Waals surface area contributed by atoms with Gasteiger partial charge in [-0.3, -0.25) is 0 Å². The zero-order valence-corrected chi connectivity index (χ0v) is 38.6. The molecule has 1 aliphatic rings. The molecule has 0 aliphatic carbocycles. The van der Waals surface area contributed by atoms with Crippen LogP contribution in [0.2, 0.25) is 0 Å². The van der Waals surface area contributed by atoms with Gasteiger partial charge >= 0.3 is 0 Å². The van der Waals surface area contributed by atoms with Crippen molar-refractivity contribution in [2.45, 2.75) is 12.5 Å². The van der Waals surface area contributed by atoms with Crippen molar-refractivity contribution in [1.82, 2.24) is 29.9 Å². The molecule has 1 atom stereocenters. The van der Waals surface area contributed by atoms with Gasteiger partial charge in [-0.1, -0.05) is 212 Å². The van der Waals surface area contributed by atoms with E-state index in [1.165, 1.54) is 0 Å². The van der Waals surface area contributed by atoms with Crippen LogP contribution in [0.3, 0.4) is 0 Å². The van der Waals surface area contributed by atoms with Crippen molar-refractivity contribution in [3.8, 4) is 96.3 Å². The van der Waals surface area contributed by atoms with Crippen molar-refractivity contribution in [2.24, 2.45) is 0 Å². The second-order valence-electron chi connectivity index (χ2n) is 18.0. The zero-order chi connectivity index (χ0) is 47.3. The minimum Gasteiger partial charge on any atom is -0.477 e. The lowest BCUT2D eigenvalue weighted by molar-refractivity contribution is 0.129. The molecule has 0 saturated heterocycles. The van der Waals surface area contributed by atoms with Gasteiger partial charge in [0.2, 0.25) is 0 Å². The van der Waals surface area contributed by atoms with E-state index in [9.17, 15) is 0 Å². The molecule has 2 aromatic heterocycles. The van der Waals surface area contributed by atoms with Crippen LogP contribution in [0.25, 0.3) is 112 Å². The van der Waals surface area contributed by atoms with Crippen molar-refractivity contribution in [3.05, 3.63) is 248 Å². The third-order valence-corrected chi connectivity index (χ3v) is 13.5. The Labute approximate surface area is 410 Å². The zero-order valence-electron chi connectivity index (χ0n) is 38.6. The van der Waals surface area contributed by atoms with Gasteiger partial charge in [0.1, 0.15) is 5.75 Å². The van der Waals surface area contributed by atoms with Gasteiger partial charge in [0.15, 0.2) is 40.5 Å². The summed E-state index contributed by atoms with van der Waals surface area (Å²) in [6.45, 7) is 2.16. The van der Waals surface area contributed by atoms with Crippen LogP contribution < -0.4 is 4.74 Å². The molecule has 0 bridgehead atoms. The molecule has 1 unspecified atom stereocenters. The van der Waals surface area contributed by atoms with Crippen molar-refractivity contribution >= 4 is 21.5 Å². The summed E-state index contributed by atoms with van der Waals surface area (Å²) >= 11 is 0. The summed E-state index contributed by atoms with van der Waals surface area (Å²) in [7, 11) is 0. The lowest BCUT2D eigenvalue weighted by atomic mass is 9.80. The quantitative estimate of drug-likeness (QED) is 0.150. The summed E-state index contributed by atoms with van der Waals surface area (Å²) in [4.78, 5) is 31.3. The van der Waals surface area contributed by atoms with Crippen LogP contribution >= 0.6 is 0 Å². The number of rotatable bonds is 8. The van der Waals surface area contributed by atoms with E-state index in [2.05, 4.69) is 177 Å². The largest absolute Gasteiger partial charge is 0.477 e. The molecule has 0 amide bonds. The maximum absolute atomic E-state index is 7.18. The van der Waals surface area contributed by atoms with Crippen molar-refractivity contribution in [3.63, 3.8) is 0 Å². The van der Waals surface area contributed by atoms with Crippen LogP contribution in [0.1, 0.15) is 18.1 Å². The molecule has 7 nitrogen and oxygen atoms in total. The van der Waals surface area contributed by atoms with E-state index in [-0.39, 0.29) is 0 Å². The van der Waals surface area contributed by atoms with Gasteiger partial charge < -0.3 is 4.74 Å². The van der Waals surface area contributed by atoms with E-state index in [1.807, 2.05) is 66.7 Å². The molecule has 334 valence electrons. The topological polar surface area (TPSA) is 86.6 Å². The smallest absolute Gasteiger partial charge is 0.164 e. The average molecular weight is 911 g/mol. The minimum absolute atomic E-state index is 0.506. The highest BCUT2D eigenvalue weighted by atomic mass is 16.5. The normalized spacial score (nSPS) is 13.9. The van der Waals surface area contributed by atoms with E-state index < -0.39 is 5.60 Å². The highest BCUT2D eigenvalue weighted by Crippen LogP contribution is 2.50. The first kappa shape index (κ1) is 41.7. The monoisotopic (exact) mass is 910 g/mol. The number of benzene rings is 10.